The normalized spacial score (nSPS) is 0. The van der Waals surface area contributed by atoms with Gasteiger partial charge in [0.25, 0.3) is 0 Å². The Kier molecular flexibility index (Phi) is 266. The van der Waals surface area contributed by atoms with E-state index in [1.165, 1.54) is 0 Å². The summed E-state index contributed by atoms with van der Waals surface area (Å²) in [6.07, 6.45) is 0. The van der Waals surface area contributed by atoms with E-state index in [-0.39, 0.29) is 94.5 Å². The molecule has 0 N–H and O–H groups in total. The Morgan fingerprint density at radius 1 is 0.400 bits per heavy atom. The molecule has 5 heavy (non-hydrogen) atoms. The van der Waals surface area contributed by atoms with Crippen molar-refractivity contribution in [2.24, 2.45) is 0 Å². The molecule has 0 saturated carbocycles. The van der Waals surface area contributed by atoms with Gasteiger partial charge in [-0.3, -0.25) is 0 Å². The maximum absolute atomic E-state index is 0. The zero-order valence-corrected chi connectivity index (χ0v) is 12.1. The fourth-order valence-corrected chi connectivity index (χ4v) is 0. The van der Waals surface area contributed by atoms with Gasteiger partial charge in [0.1, 0.15) is 0 Å². The van der Waals surface area contributed by atoms with E-state index in [4.69, 9.17) is 0 Å². The minimum absolute atomic E-state index is 0. The first-order valence-electron chi connectivity index (χ1n) is 0. The number of halogens is 4. The summed E-state index contributed by atoms with van der Waals surface area (Å²) < 4.78 is 0. The van der Waals surface area contributed by atoms with Crippen LogP contribution in [0.3, 0.4) is 0 Å². The molecule has 0 aliphatic rings. The molecule has 5 heteroatoms. The van der Waals surface area contributed by atoms with E-state index < -0.39 is 0 Å². The molecule has 0 unspecified atom stereocenters. The molecule has 0 fully saturated rings. The van der Waals surface area contributed by atoms with Gasteiger partial charge in [-0.1, -0.05) is 0 Å². The third kappa shape index (κ3) is 19.9. The molecule has 0 rings (SSSR count). The van der Waals surface area contributed by atoms with E-state index in [1.54, 1.807) is 0 Å². The van der Waals surface area contributed by atoms with Crippen molar-refractivity contribution in [3.63, 3.8) is 0 Å². The molecule has 0 bridgehead atoms. The van der Waals surface area contributed by atoms with Gasteiger partial charge in [-0.05, 0) is 0 Å². The smallest absolute Gasteiger partial charge is 0 e. The van der Waals surface area contributed by atoms with Gasteiger partial charge in [0.05, 0.1) is 0 Å². The molecule has 0 heterocycles. The Labute approximate surface area is 93.0 Å². The molecule has 0 aromatic rings. The van der Waals surface area contributed by atoms with E-state index in [1.807, 2.05) is 0 Å². The van der Waals surface area contributed by atoms with E-state index in [0.29, 0.717) is 0 Å². The molecule has 0 saturated heterocycles. The van der Waals surface area contributed by atoms with Crippen LogP contribution in [0.1, 0.15) is 0 Å². The molecular weight excluding hydrogens is 529 g/mol. The van der Waals surface area contributed by atoms with Crippen LogP contribution in [-0.2, 0) is 0 Å². The summed E-state index contributed by atoms with van der Waals surface area (Å²) in [5.41, 5.74) is 0. The average molecular weight is 533 g/mol. The van der Waals surface area contributed by atoms with Gasteiger partial charge in [0.2, 0.25) is 0 Å². The fraction of sp³-hybridized carbons (Fsp3) is 0. The predicted molar refractivity (Wildman–Crippen MR) is 47.0 cm³/mol. The van der Waals surface area contributed by atoms with Gasteiger partial charge in [0.15, 0.2) is 0 Å². The van der Waals surface area contributed by atoms with Crippen LogP contribution >= 0.6 is 67.9 Å². The quantitative estimate of drug-likeness (QED) is 0.448. The van der Waals surface area contributed by atoms with Gasteiger partial charge < -0.3 is 0 Å². The summed E-state index contributed by atoms with van der Waals surface area (Å²) in [6.45, 7) is 0. The number of hydrogen-bond donors (Lipinski definition) is 0. The summed E-state index contributed by atoms with van der Waals surface area (Å²) in [4.78, 5) is 0. The first-order valence-corrected chi connectivity index (χ1v) is 0. The molecule has 0 aliphatic carbocycles. The van der Waals surface area contributed by atoms with Gasteiger partial charge >= 0.3 is 0 Å². The van der Waals surface area contributed by atoms with Gasteiger partial charge in [-0.2, -0.15) is 0 Å². The van der Waals surface area contributed by atoms with Crippen LogP contribution in [0, 0.1) is 0 Å². The van der Waals surface area contributed by atoms with Gasteiger partial charge in [-0.25, -0.2) is 0 Å². The molecular formula is H4Br4Po. The van der Waals surface area contributed by atoms with E-state index in [2.05, 4.69) is 0 Å². The third-order valence-electron chi connectivity index (χ3n) is 0. The summed E-state index contributed by atoms with van der Waals surface area (Å²) in [5.74, 6) is 0. The average Bonchev–Trinajstić information content (AvgIpc) is 0. The first-order chi connectivity index (χ1) is 0. The molecule has 0 atom stereocenters. The van der Waals surface area contributed by atoms with Gasteiger partial charge in [0, 0.05) is 26.6 Å². The topological polar surface area (TPSA) is 0 Å². The van der Waals surface area contributed by atoms with Crippen LogP contribution in [0.2, 0.25) is 0 Å². The fourth-order valence-electron chi connectivity index (χ4n) is 0. The monoisotopic (exact) mass is 529 g/mol. The van der Waals surface area contributed by atoms with Crippen LogP contribution in [0.4, 0.5) is 0 Å². The van der Waals surface area contributed by atoms with Crippen LogP contribution in [0.15, 0.2) is 0 Å². The molecule has 0 amide bonds. The zero-order valence-electron chi connectivity index (χ0n) is 2.04. The SMILES string of the molecule is Br.Br.Br.Br.[Po]. The molecule has 0 aromatic carbocycles. The minimum Gasteiger partial charge on any atom is -0.114 e. The van der Waals surface area contributed by atoms with E-state index in [9.17, 15) is 0 Å². The Balaban J connectivity index is 0. The summed E-state index contributed by atoms with van der Waals surface area (Å²) in [6, 6.07) is 0. The Hall–Kier alpha value is 2.82. The maximum Gasteiger partial charge on any atom is 0 e. The van der Waals surface area contributed by atoms with Crippen LogP contribution < -0.4 is 0 Å². The second-order valence-corrected chi connectivity index (χ2v) is 0. The van der Waals surface area contributed by atoms with Crippen LogP contribution in [0.25, 0.3) is 0 Å². The van der Waals surface area contributed by atoms with Crippen molar-refractivity contribution in [1.82, 2.24) is 0 Å². The van der Waals surface area contributed by atoms with Crippen molar-refractivity contribution in [3.8, 4) is 0 Å². The van der Waals surface area contributed by atoms with E-state index >= 15 is 0 Å². The largest absolute Gasteiger partial charge is 0.114 e. The van der Waals surface area contributed by atoms with Crippen molar-refractivity contribution >= 4 is 94.5 Å². The second-order valence-electron chi connectivity index (χ2n) is 0. The molecule has 0 aliphatic heterocycles. The van der Waals surface area contributed by atoms with Crippen molar-refractivity contribution < 1.29 is 0 Å². The second kappa shape index (κ2) is 29.1. The van der Waals surface area contributed by atoms with Crippen molar-refractivity contribution in [2.45, 2.75) is 0 Å². The van der Waals surface area contributed by atoms with E-state index in [0.717, 1.165) is 0 Å². The Morgan fingerprint density at radius 2 is 0.400 bits per heavy atom. The van der Waals surface area contributed by atoms with Crippen LogP contribution in [-0.4, -0.2) is 26.6 Å². The standard InChI is InChI=1S/4BrH.Po/h4*1H;. The van der Waals surface area contributed by atoms with Crippen LogP contribution in [0.5, 0.6) is 0 Å². The van der Waals surface area contributed by atoms with Crippen molar-refractivity contribution in [1.29, 1.82) is 0 Å². The van der Waals surface area contributed by atoms with Crippen molar-refractivity contribution in [2.75, 3.05) is 0 Å². The zero-order chi connectivity index (χ0) is 0. The predicted octanol–water partition coefficient (Wildman–Crippen LogP) is 1.93. The third-order valence-corrected chi connectivity index (χ3v) is 0. The first kappa shape index (κ1) is 45.8. The minimum atomic E-state index is 0. The van der Waals surface area contributed by atoms with Crippen molar-refractivity contribution in [3.05, 3.63) is 0 Å². The summed E-state index contributed by atoms with van der Waals surface area (Å²) in [7, 11) is 0. The van der Waals surface area contributed by atoms with Gasteiger partial charge in [-0.15, -0.1) is 67.9 Å². The Bertz CT molecular complexity index is 3.61. The Morgan fingerprint density at radius 3 is 0.400 bits per heavy atom. The molecule has 0 spiro atoms. The molecule has 0 aromatic heterocycles. The molecule has 2 radical (unpaired) electrons. The number of hydrogen-bond acceptors (Lipinski definition) is 0. The number of rotatable bonds is 0. The summed E-state index contributed by atoms with van der Waals surface area (Å²) >= 11 is 0. The molecule has 0 nitrogen and oxygen atoms in total. The molecule has 38 valence electrons. The maximum atomic E-state index is 0. The summed E-state index contributed by atoms with van der Waals surface area (Å²) in [5, 5.41) is 0.